The van der Waals surface area contributed by atoms with E-state index in [1.54, 1.807) is 39.8 Å². The Morgan fingerprint density at radius 2 is 1.77 bits per heavy atom. The van der Waals surface area contributed by atoms with E-state index in [1.165, 1.54) is 6.92 Å². The number of epoxide rings is 1. The van der Waals surface area contributed by atoms with E-state index in [0.717, 1.165) is 0 Å². The Morgan fingerprint density at radius 3 is 2.34 bits per heavy atom. The number of aliphatic hydroxyl groups excluding tert-OH is 2. The van der Waals surface area contributed by atoms with Gasteiger partial charge < -0.3 is 24.4 Å². The number of fused-ring (bicyclic) bond motifs is 1. The number of ether oxygens (including phenoxy) is 3. The van der Waals surface area contributed by atoms with Crippen molar-refractivity contribution in [2.45, 2.75) is 97.4 Å². The zero-order chi connectivity index (χ0) is 26.2. The Morgan fingerprint density at radius 1 is 1.14 bits per heavy atom. The molecule has 2 N–H and O–H groups in total. The molecule has 4 aliphatic rings. The highest BCUT2D eigenvalue weighted by atomic mass is 16.7. The number of carbonyl (C=O) groups is 3. The molecule has 1 heterocycles. The minimum Gasteiger partial charge on any atom is -0.459 e. The number of rotatable bonds is 3. The van der Waals surface area contributed by atoms with Gasteiger partial charge in [0.1, 0.15) is 18.3 Å². The third kappa shape index (κ3) is 3.63. The second-order valence-electron chi connectivity index (χ2n) is 11.6. The second kappa shape index (κ2) is 8.25. The van der Waals surface area contributed by atoms with Crippen LogP contribution in [-0.2, 0) is 28.6 Å². The molecule has 0 aromatic heterocycles. The number of Topliss-reactive ketones (excluding diaryl/α,β-unsaturated/α-hetero) is 1. The van der Waals surface area contributed by atoms with Crippen LogP contribution in [0, 0.1) is 29.1 Å². The summed E-state index contributed by atoms with van der Waals surface area (Å²) in [6.07, 6.45) is -0.187. The van der Waals surface area contributed by atoms with Crippen molar-refractivity contribution < 1.29 is 38.8 Å². The molecule has 3 aliphatic carbocycles. The molecule has 0 unspecified atom stereocenters. The number of carbonyl (C=O) groups excluding carboxylic acids is 3. The second-order valence-corrected chi connectivity index (χ2v) is 11.6. The summed E-state index contributed by atoms with van der Waals surface area (Å²) in [7, 11) is 0. The van der Waals surface area contributed by atoms with Gasteiger partial charge in [-0.1, -0.05) is 33.8 Å². The van der Waals surface area contributed by atoms with Crippen LogP contribution < -0.4 is 0 Å². The van der Waals surface area contributed by atoms with E-state index < -0.39 is 58.9 Å². The molecular formula is C27H38O8. The highest BCUT2D eigenvalue weighted by Crippen LogP contribution is 2.68. The van der Waals surface area contributed by atoms with Gasteiger partial charge in [-0.15, -0.1) is 0 Å². The van der Waals surface area contributed by atoms with Crippen LogP contribution in [0.5, 0.6) is 0 Å². The van der Waals surface area contributed by atoms with Gasteiger partial charge in [-0.2, -0.15) is 0 Å². The van der Waals surface area contributed by atoms with Crippen LogP contribution in [0.4, 0.5) is 0 Å². The molecular weight excluding hydrogens is 452 g/mol. The van der Waals surface area contributed by atoms with Crippen LogP contribution in [0.2, 0.25) is 0 Å². The van der Waals surface area contributed by atoms with Crippen molar-refractivity contribution in [2.24, 2.45) is 29.1 Å². The van der Waals surface area contributed by atoms with Crippen molar-refractivity contribution in [3.05, 3.63) is 23.3 Å². The smallest absolute Gasteiger partial charge is 0.333 e. The standard InChI is InChI=1S/C27H38O8/c1-9-12(2)24(32)34-21-18-17(25(18,7)8)20(30)15(5)22(31)26-11-14(4)23(33-16(6)28)27(26,35-26)10-13(3)19(21)29/h9-10,14-15,17-21,23,29-30H,11H2,1-8H3/t14-,15+,17-,18+,19+,20-,21-,23-,26-,27-/m0/s1. The largest absolute Gasteiger partial charge is 0.459 e. The molecule has 0 aromatic rings. The highest BCUT2D eigenvalue weighted by Gasteiger charge is 2.83. The molecule has 2 saturated carbocycles. The first-order valence-electron chi connectivity index (χ1n) is 12.5. The summed E-state index contributed by atoms with van der Waals surface area (Å²) in [6.45, 7) is 13.9. The first-order chi connectivity index (χ1) is 16.2. The van der Waals surface area contributed by atoms with Crippen molar-refractivity contribution in [3.8, 4) is 0 Å². The molecule has 8 nitrogen and oxygen atoms in total. The number of hydrogen-bond donors (Lipinski definition) is 2. The Hall–Kier alpha value is -2.03. The Balaban J connectivity index is 1.83. The number of allylic oxidation sites excluding steroid dienone is 1. The monoisotopic (exact) mass is 490 g/mol. The first-order valence-corrected chi connectivity index (χ1v) is 12.5. The molecule has 3 fully saturated rings. The fourth-order valence-electron chi connectivity index (χ4n) is 6.87. The lowest BCUT2D eigenvalue weighted by molar-refractivity contribution is -0.153. The third-order valence-corrected chi connectivity index (χ3v) is 9.03. The van der Waals surface area contributed by atoms with E-state index in [4.69, 9.17) is 14.2 Å². The molecule has 4 rings (SSSR count). The molecule has 0 radical (unpaired) electrons. The van der Waals surface area contributed by atoms with E-state index in [9.17, 15) is 24.6 Å². The lowest BCUT2D eigenvalue weighted by Gasteiger charge is -2.28. The van der Waals surface area contributed by atoms with E-state index in [1.807, 2.05) is 20.8 Å². The van der Waals surface area contributed by atoms with E-state index in [2.05, 4.69) is 0 Å². The number of hydrogen-bond acceptors (Lipinski definition) is 8. The first kappa shape index (κ1) is 26.0. The maximum Gasteiger partial charge on any atom is 0.333 e. The van der Waals surface area contributed by atoms with Crippen molar-refractivity contribution in [2.75, 3.05) is 0 Å². The Kier molecular flexibility index (Phi) is 6.14. The van der Waals surface area contributed by atoms with Crippen LogP contribution in [-0.4, -0.2) is 63.6 Å². The van der Waals surface area contributed by atoms with Gasteiger partial charge in [0.05, 0.1) is 6.10 Å². The van der Waals surface area contributed by atoms with Gasteiger partial charge in [-0.25, -0.2) is 4.79 Å². The third-order valence-electron chi connectivity index (χ3n) is 9.03. The van der Waals surface area contributed by atoms with Gasteiger partial charge >= 0.3 is 11.9 Å². The molecule has 35 heavy (non-hydrogen) atoms. The Labute approximate surface area is 206 Å². The molecule has 10 atom stereocenters. The maximum atomic E-state index is 13.8. The van der Waals surface area contributed by atoms with Crippen LogP contribution in [0.25, 0.3) is 0 Å². The summed E-state index contributed by atoms with van der Waals surface area (Å²) >= 11 is 0. The molecule has 0 aromatic carbocycles. The van der Waals surface area contributed by atoms with Gasteiger partial charge in [-0.3, -0.25) is 9.59 Å². The van der Waals surface area contributed by atoms with Crippen molar-refractivity contribution >= 4 is 17.7 Å². The SMILES string of the molecule is CC=C(C)C(=O)O[C@H]1[C@H]2[C@@H]([C@@H](O)[C@@H](C)C(=O)[C@@]34C[C@H](C)[C@H](OC(C)=O)[C@]3(C=C(C)[C@H]1O)O4)C2(C)C. The topological polar surface area (TPSA) is 123 Å². The van der Waals surface area contributed by atoms with Crippen molar-refractivity contribution in [3.63, 3.8) is 0 Å². The molecule has 0 amide bonds. The fourth-order valence-corrected chi connectivity index (χ4v) is 6.87. The summed E-state index contributed by atoms with van der Waals surface area (Å²) in [5.74, 6) is -2.89. The van der Waals surface area contributed by atoms with Crippen LogP contribution in [0.1, 0.15) is 61.8 Å². The molecule has 0 bridgehead atoms. The summed E-state index contributed by atoms with van der Waals surface area (Å²) in [4.78, 5) is 38.5. The van der Waals surface area contributed by atoms with E-state index in [-0.39, 0.29) is 23.5 Å². The normalized spacial score (nSPS) is 46.3. The number of aliphatic hydroxyl groups is 2. The summed E-state index contributed by atoms with van der Waals surface area (Å²) in [5.41, 5.74) is -2.06. The van der Waals surface area contributed by atoms with Gasteiger partial charge in [0.15, 0.2) is 17.0 Å². The van der Waals surface area contributed by atoms with E-state index >= 15 is 0 Å². The van der Waals surface area contributed by atoms with Gasteiger partial charge in [-0.05, 0) is 56.1 Å². The summed E-state index contributed by atoms with van der Waals surface area (Å²) < 4.78 is 17.6. The molecule has 1 aliphatic heterocycles. The highest BCUT2D eigenvalue weighted by molar-refractivity contribution is 5.96. The quantitative estimate of drug-likeness (QED) is 0.268. The predicted octanol–water partition coefficient (Wildman–Crippen LogP) is 2.50. The minimum absolute atomic E-state index is 0.166. The summed E-state index contributed by atoms with van der Waals surface area (Å²) in [6, 6.07) is 0. The molecule has 1 saturated heterocycles. The zero-order valence-corrected chi connectivity index (χ0v) is 21.8. The molecule has 0 spiro atoms. The molecule has 194 valence electrons. The maximum absolute atomic E-state index is 13.8. The lowest BCUT2D eigenvalue weighted by Crippen LogP contribution is -2.42. The van der Waals surface area contributed by atoms with Gasteiger partial charge in [0.2, 0.25) is 0 Å². The van der Waals surface area contributed by atoms with Crippen LogP contribution in [0.3, 0.4) is 0 Å². The van der Waals surface area contributed by atoms with Gasteiger partial charge in [0.25, 0.3) is 0 Å². The van der Waals surface area contributed by atoms with Crippen LogP contribution >= 0.6 is 0 Å². The average molecular weight is 491 g/mol. The van der Waals surface area contributed by atoms with E-state index in [0.29, 0.717) is 17.6 Å². The van der Waals surface area contributed by atoms with Crippen molar-refractivity contribution in [1.82, 2.24) is 0 Å². The number of ketones is 1. The average Bonchev–Trinajstić information content (AvgIpc) is 3.58. The minimum atomic E-state index is -1.24. The summed E-state index contributed by atoms with van der Waals surface area (Å²) in [5, 5.41) is 22.9. The Bertz CT molecular complexity index is 1010. The lowest BCUT2D eigenvalue weighted by atomic mass is 9.80. The molecule has 8 heteroatoms. The number of esters is 2. The van der Waals surface area contributed by atoms with Gasteiger partial charge in [0, 0.05) is 24.3 Å². The van der Waals surface area contributed by atoms with Crippen molar-refractivity contribution in [1.29, 1.82) is 0 Å². The van der Waals surface area contributed by atoms with Crippen LogP contribution in [0.15, 0.2) is 23.3 Å². The zero-order valence-electron chi connectivity index (χ0n) is 21.8. The fraction of sp³-hybridized carbons (Fsp3) is 0.741. The predicted molar refractivity (Wildman–Crippen MR) is 126 cm³/mol.